The first-order valence-corrected chi connectivity index (χ1v) is 6.56. The van der Waals surface area contributed by atoms with E-state index in [1.54, 1.807) is 0 Å². The van der Waals surface area contributed by atoms with Crippen molar-refractivity contribution in [1.29, 1.82) is 0 Å². The third-order valence-corrected chi connectivity index (χ3v) is 3.04. The van der Waals surface area contributed by atoms with Crippen molar-refractivity contribution in [1.82, 2.24) is 5.32 Å². The Morgan fingerprint density at radius 1 is 1.24 bits per heavy atom. The normalized spacial score (nSPS) is 13.0. The molecule has 1 aromatic rings. The molecule has 1 rings (SSSR count). The summed E-state index contributed by atoms with van der Waals surface area (Å²) < 4.78 is 5.48. The molecule has 0 aliphatic heterocycles. The maximum absolute atomic E-state index is 5.85. The average Bonchev–Trinajstić information content (AvgIpc) is 2.31. The molecule has 2 nitrogen and oxygen atoms in total. The van der Waals surface area contributed by atoms with Crippen LogP contribution in [0.5, 0.6) is 0 Å². The summed E-state index contributed by atoms with van der Waals surface area (Å²) in [6.07, 6.45) is 0. The van der Waals surface area contributed by atoms with Crippen LogP contribution in [0.4, 0.5) is 0 Å². The van der Waals surface area contributed by atoms with E-state index < -0.39 is 0 Å². The molecule has 1 N–H and O–H groups in total. The fraction of sp³-hybridized carbons (Fsp3) is 0.571. The van der Waals surface area contributed by atoms with Crippen LogP contribution in [0.2, 0.25) is 5.02 Å². The molecule has 3 heteroatoms. The van der Waals surface area contributed by atoms with Gasteiger partial charge in [-0.1, -0.05) is 37.6 Å². The zero-order valence-electron chi connectivity index (χ0n) is 10.9. The molecule has 0 bridgehead atoms. The largest absolute Gasteiger partial charge is 0.380 e. The summed E-state index contributed by atoms with van der Waals surface area (Å²) in [6, 6.07) is 8.34. The van der Waals surface area contributed by atoms with E-state index in [1.807, 2.05) is 31.2 Å². The quantitative estimate of drug-likeness (QED) is 0.805. The molecule has 1 atom stereocenters. The van der Waals surface area contributed by atoms with E-state index in [9.17, 15) is 0 Å². The van der Waals surface area contributed by atoms with E-state index in [1.165, 1.54) is 5.56 Å². The van der Waals surface area contributed by atoms with Gasteiger partial charge in [-0.2, -0.15) is 0 Å². The molecule has 0 aromatic heterocycles. The zero-order valence-corrected chi connectivity index (χ0v) is 11.6. The molecule has 17 heavy (non-hydrogen) atoms. The molecular formula is C14H22ClNO. The van der Waals surface area contributed by atoms with Gasteiger partial charge in [-0.25, -0.2) is 0 Å². The third kappa shape index (κ3) is 5.53. The van der Waals surface area contributed by atoms with Gasteiger partial charge in [0.1, 0.15) is 0 Å². The lowest BCUT2D eigenvalue weighted by Gasteiger charge is -2.22. The standard InChI is InChI=1S/C14H22ClNO/c1-4-17-10-14(11(2)3)16-9-12-5-7-13(15)8-6-12/h5-8,11,14,16H,4,9-10H2,1-3H3. The summed E-state index contributed by atoms with van der Waals surface area (Å²) >= 11 is 5.85. The van der Waals surface area contributed by atoms with Gasteiger partial charge in [0.25, 0.3) is 0 Å². The van der Waals surface area contributed by atoms with Gasteiger partial charge in [-0.15, -0.1) is 0 Å². The number of halogens is 1. The SMILES string of the molecule is CCOCC(NCc1ccc(Cl)cc1)C(C)C. The molecule has 0 fully saturated rings. The highest BCUT2D eigenvalue weighted by atomic mass is 35.5. The van der Waals surface area contributed by atoms with E-state index in [2.05, 4.69) is 19.2 Å². The first-order valence-electron chi connectivity index (χ1n) is 6.19. The zero-order chi connectivity index (χ0) is 12.7. The smallest absolute Gasteiger partial charge is 0.0622 e. The van der Waals surface area contributed by atoms with E-state index in [0.29, 0.717) is 12.0 Å². The van der Waals surface area contributed by atoms with Gasteiger partial charge in [0.15, 0.2) is 0 Å². The average molecular weight is 256 g/mol. The Bertz CT molecular complexity index is 311. The Kier molecular flexibility index (Phi) is 6.56. The maximum atomic E-state index is 5.85. The maximum Gasteiger partial charge on any atom is 0.0622 e. The Balaban J connectivity index is 2.43. The summed E-state index contributed by atoms with van der Waals surface area (Å²) in [6.45, 7) is 8.83. The van der Waals surface area contributed by atoms with Crippen LogP contribution < -0.4 is 5.32 Å². The lowest BCUT2D eigenvalue weighted by Crippen LogP contribution is -2.37. The molecule has 96 valence electrons. The molecule has 0 saturated carbocycles. The molecule has 0 heterocycles. The molecule has 1 aromatic carbocycles. The highest BCUT2D eigenvalue weighted by molar-refractivity contribution is 6.30. The van der Waals surface area contributed by atoms with Crippen molar-refractivity contribution in [3.8, 4) is 0 Å². The Morgan fingerprint density at radius 2 is 1.88 bits per heavy atom. The van der Waals surface area contributed by atoms with Gasteiger partial charge in [0.2, 0.25) is 0 Å². The van der Waals surface area contributed by atoms with Crippen LogP contribution in [0.15, 0.2) is 24.3 Å². The molecule has 0 aliphatic carbocycles. The molecular weight excluding hydrogens is 234 g/mol. The van der Waals surface area contributed by atoms with E-state index in [4.69, 9.17) is 16.3 Å². The molecule has 0 aliphatic rings. The molecule has 0 amide bonds. The highest BCUT2D eigenvalue weighted by Gasteiger charge is 2.12. The fourth-order valence-electron chi connectivity index (χ4n) is 1.58. The second kappa shape index (κ2) is 7.70. The predicted octanol–water partition coefficient (Wildman–Crippen LogP) is 3.49. The fourth-order valence-corrected chi connectivity index (χ4v) is 1.71. The first-order chi connectivity index (χ1) is 8.13. The van der Waals surface area contributed by atoms with Gasteiger partial charge in [-0.3, -0.25) is 0 Å². The molecule has 0 saturated heterocycles. The second-order valence-electron chi connectivity index (χ2n) is 4.52. The van der Waals surface area contributed by atoms with Crippen LogP contribution in [-0.4, -0.2) is 19.3 Å². The summed E-state index contributed by atoms with van der Waals surface area (Å²) in [7, 11) is 0. The van der Waals surface area contributed by atoms with Crippen molar-refractivity contribution in [2.45, 2.75) is 33.4 Å². The molecule has 0 radical (unpaired) electrons. The van der Waals surface area contributed by atoms with Crippen molar-refractivity contribution < 1.29 is 4.74 Å². The van der Waals surface area contributed by atoms with Crippen LogP contribution in [0, 0.1) is 5.92 Å². The van der Waals surface area contributed by atoms with E-state index >= 15 is 0 Å². The summed E-state index contributed by atoms with van der Waals surface area (Å²) in [5.74, 6) is 0.564. The monoisotopic (exact) mass is 255 g/mol. The van der Waals surface area contributed by atoms with Gasteiger partial charge < -0.3 is 10.1 Å². The summed E-state index contributed by atoms with van der Waals surface area (Å²) in [4.78, 5) is 0. The lowest BCUT2D eigenvalue weighted by atomic mass is 10.0. The van der Waals surface area contributed by atoms with Crippen molar-refractivity contribution in [2.24, 2.45) is 5.92 Å². The van der Waals surface area contributed by atoms with Crippen LogP contribution >= 0.6 is 11.6 Å². The Labute approximate surface area is 109 Å². The van der Waals surface area contributed by atoms with Gasteiger partial charge in [0.05, 0.1) is 6.61 Å². The van der Waals surface area contributed by atoms with Crippen LogP contribution in [0.3, 0.4) is 0 Å². The van der Waals surface area contributed by atoms with Crippen LogP contribution in [-0.2, 0) is 11.3 Å². The number of nitrogens with one attached hydrogen (secondary N) is 1. The Morgan fingerprint density at radius 3 is 2.41 bits per heavy atom. The van der Waals surface area contributed by atoms with Gasteiger partial charge >= 0.3 is 0 Å². The molecule has 1 unspecified atom stereocenters. The first kappa shape index (κ1) is 14.5. The van der Waals surface area contributed by atoms with Crippen molar-refractivity contribution in [3.05, 3.63) is 34.9 Å². The number of rotatable bonds is 7. The second-order valence-corrected chi connectivity index (χ2v) is 4.95. The van der Waals surface area contributed by atoms with Crippen molar-refractivity contribution in [3.63, 3.8) is 0 Å². The third-order valence-electron chi connectivity index (χ3n) is 2.79. The predicted molar refractivity (Wildman–Crippen MR) is 73.4 cm³/mol. The molecule has 0 spiro atoms. The minimum absolute atomic E-state index is 0.394. The lowest BCUT2D eigenvalue weighted by molar-refractivity contribution is 0.108. The van der Waals surface area contributed by atoms with Gasteiger partial charge in [-0.05, 0) is 30.5 Å². The number of hydrogen-bond donors (Lipinski definition) is 1. The summed E-state index contributed by atoms with van der Waals surface area (Å²) in [5.41, 5.74) is 1.25. The minimum Gasteiger partial charge on any atom is -0.380 e. The van der Waals surface area contributed by atoms with Crippen LogP contribution in [0.1, 0.15) is 26.3 Å². The number of hydrogen-bond acceptors (Lipinski definition) is 2. The van der Waals surface area contributed by atoms with E-state index in [0.717, 1.165) is 24.8 Å². The van der Waals surface area contributed by atoms with Gasteiger partial charge in [0, 0.05) is 24.2 Å². The van der Waals surface area contributed by atoms with Crippen molar-refractivity contribution >= 4 is 11.6 Å². The van der Waals surface area contributed by atoms with Crippen molar-refractivity contribution in [2.75, 3.05) is 13.2 Å². The van der Waals surface area contributed by atoms with E-state index in [-0.39, 0.29) is 0 Å². The topological polar surface area (TPSA) is 21.3 Å². The van der Waals surface area contributed by atoms with Crippen LogP contribution in [0.25, 0.3) is 0 Å². The number of benzene rings is 1. The minimum atomic E-state index is 0.394. The highest BCUT2D eigenvalue weighted by Crippen LogP contribution is 2.10. The number of ether oxygens (including phenoxy) is 1. The Hall–Kier alpha value is -0.570. The summed E-state index contributed by atoms with van der Waals surface area (Å²) in [5, 5.41) is 4.30.